The van der Waals surface area contributed by atoms with Gasteiger partial charge in [0.15, 0.2) is 0 Å². The van der Waals surface area contributed by atoms with Crippen molar-refractivity contribution >= 4 is 23.5 Å². The van der Waals surface area contributed by atoms with Crippen molar-refractivity contribution in [1.29, 1.82) is 0 Å². The Labute approximate surface area is 151 Å². The molecule has 6 nitrogen and oxygen atoms in total. The minimum absolute atomic E-state index is 0.0419. The highest BCUT2D eigenvalue weighted by Gasteiger charge is 2.31. The lowest BCUT2D eigenvalue weighted by atomic mass is 10.1. The molecule has 1 aromatic carbocycles. The molecule has 0 saturated carbocycles. The van der Waals surface area contributed by atoms with Crippen LogP contribution in [0, 0.1) is 0 Å². The van der Waals surface area contributed by atoms with Crippen LogP contribution in [0.2, 0.25) is 5.02 Å². The fourth-order valence-corrected chi connectivity index (χ4v) is 3.58. The number of amides is 3. The van der Waals surface area contributed by atoms with Gasteiger partial charge in [0.05, 0.1) is 28.5 Å². The minimum atomic E-state index is -0.581. The number of halogens is 1. The van der Waals surface area contributed by atoms with E-state index < -0.39 is 5.91 Å². The minimum Gasteiger partial charge on any atom is -0.365 e. The van der Waals surface area contributed by atoms with Crippen LogP contribution in [0.3, 0.4) is 0 Å². The maximum absolute atomic E-state index is 12.3. The topological polar surface area (TPSA) is 80.4 Å². The van der Waals surface area contributed by atoms with Crippen molar-refractivity contribution in [3.05, 3.63) is 46.6 Å². The normalized spacial score (nSPS) is 13.7. The number of hydrogen-bond donors (Lipinski definition) is 2. The zero-order valence-electron chi connectivity index (χ0n) is 14.3. The first-order valence-corrected chi connectivity index (χ1v) is 8.59. The summed E-state index contributed by atoms with van der Waals surface area (Å²) in [6.45, 7) is 5.20. The van der Waals surface area contributed by atoms with Crippen LogP contribution in [0.5, 0.6) is 0 Å². The number of aromatic nitrogens is 1. The molecule has 25 heavy (non-hydrogen) atoms. The van der Waals surface area contributed by atoms with Gasteiger partial charge in [-0.25, -0.2) is 4.79 Å². The van der Waals surface area contributed by atoms with Crippen molar-refractivity contribution in [3.63, 3.8) is 0 Å². The molecule has 3 rings (SSSR count). The SMILES string of the molecule is CC(C)NC(=O)N1CCn2c(c(C(N)=O)c(Cl)c2-c2ccccc2)C1. The Kier molecular flexibility index (Phi) is 4.72. The second-order valence-corrected chi connectivity index (χ2v) is 6.77. The highest BCUT2D eigenvalue weighted by Crippen LogP contribution is 2.37. The first-order chi connectivity index (χ1) is 11.9. The third-order valence-corrected chi connectivity index (χ3v) is 4.61. The number of rotatable bonds is 3. The number of carbonyl (C=O) groups excluding carboxylic acids is 2. The maximum Gasteiger partial charge on any atom is 0.318 e. The van der Waals surface area contributed by atoms with Crippen molar-refractivity contribution in [2.45, 2.75) is 33.0 Å². The van der Waals surface area contributed by atoms with Crippen molar-refractivity contribution in [2.75, 3.05) is 6.54 Å². The number of nitrogens with zero attached hydrogens (tertiary/aromatic N) is 2. The second-order valence-electron chi connectivity index (χ2n) is 6.39. The molecule has 0 bridgehead atoms. The molecular formula is C18H21ClN4O2. The summed E-state index contributed by atoms with van der Waals surface area (Å²) in [5.41, 5.74) is 8.24. The van der Waals surface area contributed by atoms with Crippen LogP contribution >= 0.6 is 11.6 Å². The van der Waals surface area contributed by atoms with Crippen LogP contribution in [0.15, 0.2) is 30.3 Å². The number of fused-ring (bicyclic) bond motifs is 1. The Balaban J connectivity index is 2.05. The molecule has 0 aliphatic carbocycles. The molecule has 2 heterocycles. The number of nitrogens with two attached hydrogens (primary N) is 1. The summed E-state index contributed by atoms with van der Waals surface area (Å²) in [4.78, 5) is 26.0. The first-order valence-electron chi connectivity index (χ1n) is 8.21. The lowest BCUT2D eigenvalue weighted by molar-refractivity contribution is 0.0996. The van der Waals surface area contributed by atoms with E-state index in [9.17, 15) is 9.59 Å². The average molecular weight is 361 g/mol. The lowest BCUT2D eigenvalue weighted by Gasteiger charge is -2.30. The molecular weight excluding hydrogens is 340 g/mol. The quantitative estimate of drug-likeness (QED) is 0.882. The molecule has 3 amide bonds. The van der Waals surface area contributed by atoms with Crippen LogP contribution in [-0.2, 0) is 13.1 Å². The van der Waals surface area contributed by atoms with Gasteiger partial charge in [0.2, 0.25) is 0 Å². The Morgan fingerprint density at radius 1 is 1.20 bits per heavy atom. The summed E-state index contributed by atoms with van der Waals surface area (Å²) in [6, 6.07) is 9.52. The molecule has 1 aliphatic rings. The molecule has 1 aromatic heterocycles. The molecule has 0 radical (unpaired) electrons. The zero-order valence-corrected chi connectivity index (χ0v) is 15.0. The summed E-state index contributed by atoms with van der Waals surface area (Å²) in [6.07, 6.45) is 0. The van der Waals surface area contributed by atoms with E-state index in [0.29, 0.717) is 35.9 Å². The molecule has 0 saturated heterocycles. The molecule has 0 unspecified atom stereocenters. The van der Waals surface area contributed by atoms with Gasteiger partial charge in [0.1, 0.15) is 0 Å². The van der Waals surface area contributed by atoms with Gasteiger partial charge in [0.25, 0.3) is 5.91 Å². The summed E-state index contributed by atoms with van der Waals surface area (Å²) in [7, 11) is 0. The number of benzene rings is 1. The fourth-order valence-electron chi connectivity index (χ4n) is 3.17. The van der Waals surface area contributed by atoms with Crippen molar-refractivity contribution in [1.82, 2.24) is 14.8 Å². The Hall–Kier alpha value is -2.47. The van der Waals surface area contributed by atoms with E-state index in [4.69, 9.17) is 17.3 Å². The third-order valence-electron chi connectivity index (χ3n) is 4.24. The highest BCUT2D eigenvalue weighted by molar-refractivity contribution is 6.36. The van der Waals surface area contributed by atoms with Crippen molar-refractivity contribution < 1.29 is 9.59 Å². The molecule has 132 valence electrons. The molecule has 0 atom stereocenters. The number of primary amides is 1. The van der Waals surface area contributed by atoms with E-state index in [1.54, 1.807) is 4.90 Å². The number of nitrogens with one attached hydrogen (secondary N) is 1. The zero-order chi connectivity index (χ0) is 18.1. The number of carbonyl (C=O) groups is 2. The van der Waals surface area contributed by atoms with Gasteiger partial charge in [-0.15, -0.1) is 0 Å². The molecule has 3 N–H and O–H groups in total. The summed E-state index contributed by atoms with van der Waals surface area (Å²) < 4.78 is 2.00. The van der Waals surface area contributed by atoms with Crippen molar-refractivity contribution in [2.24, 2.45) is 5.73 Å². The van der Waals surface area contributed by atoms with Crippen LogP contribution in [0.25, 0.3) is 11.3 Å². The largest absolute Gasteiger partial charge is 0.365 e. The predicted molar refractivity (Wildman–Crippen MR) is 97.5 cm³/mol. The van der Waals surface area contributed by atoms with E-state index in [1.807, 2.05) is 48.7 Å². The molecule has 1 aliphatic heterocycles. The first kappa shape index (κ1) is 17.4. The third kappa shape index (κ3) is 3.22. The summed E-state index contributed by atoms with van der Waals surface area (Å²) in [5, 5.41) is 3.22. The van der Waals surface area contributed by atoms with Gasteiger partial charge >= 0.3 is 6.03 Å². The smallest absolute Gasteiger partial charge is 0.318 e. The summed E-state index contributed by atoms with van der Waals surface area (Å²) >= 11 is 6.52. The van der Waals surface area contributed by atoms with Crippen LogP contribution in [0.1, 0.15) is 29.9 Å². The molecule has 7 heteroatoms. The average Bonchev–Trinajstić information content (AvgIpc) is 2.86. The van der Waals surface area contributed by atoms with E-state index in [2.05, 4.69) is 5.32 Å². The van der Waals surface area contributed by atoms with Crippen molar-refractivity contribution in [3.8, 4) is 11.3 Å². The van der Waals surface area contributed by atoms with E-state index in [0.717, 1.165) is 11.3 Å². The van der Waals surface area contributed by atoms with Gasteiger partial charge in [0, 0.05) is 19.1 Å². The Bertz CT molecular complexity index is 814. The van der Waals surface area contributed by atoms with E-state index in [1.165, 1.54) is 0 Å². The van der Waals surface area contributed by atoms with Gasteiger partial charge in [-0.05, 0) is 19.4 Å². The number of urea groups is 1. The van der Waals surface area contributed by atoms with Crippen LogP contribution < -0.4 is 11.1 Å². The van der Waals surface area contributed by atoms with Gasteiger partial charge in [-0.3, -0.25) is 4.79 Å². The Morgan fingerprint density at radius 2 is 1.88 bits per heavy atom. The Morgan fingerprint density at radius 3 is 2.48 bits per heavy atom. The van der Waals surface area contributed by atoms with Gasteiger partial charge < -0.3 is 20.5 Å². The predicted octanol–water partition coefficient (Wildman–Crippen LogP) is 2.84. The second kappa shape index (κ2) is 6.80. The lowest BCUT2D eigenvalue weighted by Crippen LogP contribution is -2.46. The highest BCUT2D eigenvalue weighted by atomic mass is 35.5. The van der Waals surface area contributed by atoms with Gasteiger partial charge in [-0.2, -0.15) is 0 Å². The molecule has 0 spiro atoms. The maximum atomic E-state index is 12.3. The van der Waals surface area contributed by atoms with Gasteiger partial charge in [-0.1, -0.05) is 41.9 Å². The summed E-state index contributed by atoms with van der Waals surface area (Å²) in [5.74, 6) is -0.581. The molecule has 0 fully saturated rings. The monoisotopic (exact) mass is 360 g/mol. The van der Waals surface area contributed by atoms with Crippen LogP contribution in [-0.4, -0.2) is 34.0 Å². The van der Waals surface area contributed by atoms with E-state index >= 15 is 0 Å². The van der Waals surface area contributed by atoms with E-state index in [-0.39, 0.29) is 12.1 Å². The fraction of sp³-hybridized carbons (Fsp3) is 0.333. The molecule has 2 aromatic rings. The standard InChI is InChI=1S/C18H21ClN4O2/c1-11(2)21-18(25)22-8-9-23-13(10-22)14(17(20)24)15(19)16(23)12-6-4-3-5-7-12/h3-7,11H,8-10H2,1-2H3,(H2,20,24)(H,21,25). The van der Waals surface area contributed by atoms with Crippen LogP contribution in [0.4, 0.5) is 4.79 Å². The number of hydrogen-bond acceptors (Lipinski definition) is 2.